The molecule has 0 aromatic heterocycles. The number of phosphoric ester groups is 1. The van der Waals surface area contributed by atoms with Crippen LogP contribution in [0.5, 0.6) is 0 Å². The van der Waals surface area contributed by atoms with Crippen LogP contribution in [0.25, 0.3) is 0 Å². The summed E-state index contributed by atoms with van der Waals surface area (Å²) in [6.07, 6.45) is 36.6. The van der Waals surface area contributed by atoms with Crippen molar-refractivity contribution in [3.8, 4) is 0 Å². The quantitative estimate of drug-likeness (QED) is 0.0245. The Balaban J connectivity index is 4.42. The van der Waals surface area contributed by atoms with E-state index in [0.29, 0.717) is 12.8 Å². The van der Waals surface area contributed by atoms with Crippen LogP contribution in [0.2, 0.25) is 0 Å². The number of aliphatic hydroxyl groups is 2. The fourth-order valence-corrected chi connectivity index (χ4v) is 6.24. The molecule has 6 N–H and O–H groups in total. The summed E-state index contributed by atoms with van der Waals surface area (Å²) in [4.78, 5) is 22.6. The molecule has 0 rings (SSSR count). The third-order valence-corrected chi connectivity index (χ3v) is 9.48. The Labute approximate surface area is 300 Å². The molecule has 0 aromatic rings. The summed E-state index contributed by atoms with van der Waals surface area (Å²) in [6, 6.07) is -1.00. The van der Waals surface area contributed by atoms with E-state index >= 15 is 0 Å². The van der Waals surface area contributed by atoms with E-state index in [9.17, 15) is 24.5 Å². The van der Waals surface area contributed by atoms with Gasteiger partial charge in [-0.3, -0.25) is 13.8 Å². The molecule has 1 amide bonds. The van der Waals surface area contributed by atoms with E-state index in [1.54, 1.807) is 6.08 Å². The average molecular weight is 715 g/mol. The predicted octanol–water partition coefficient (Wildman–Crippen LogP) is 9.36. The molecule has 49 heavy (non-hydrogen) atoms. The number of carbonyl (C=O) groups excluding carboxylic acids is 1. The number of nitrogens with one attached hydrogen (secondary N) is 1. The molecule has 0 aliphatic rings. The van der Waals surface area contributed by atoms with Crippen molar-refractivity contribution in [1.82, 2.24) is 5.32 Å². The lowest BCUT2D eigenvalue weighted by atomic mass is 10.0. The molecular formula is C39H75N2O7P. The highest BCUT2D eigenvalue weighted by atomic mass is 31.2. The molecule has 0 bridgehead atoms. The molecule has 0 radical (unpaired) electrons. The first-order valence-electron chi connectivity index (χ1n) is 19.7. The Morgan fingerprint density at radius 3 is 1.69 bits per heavy atom. The van der Waals surface area contributed by atoms with Crippen molar-refractivity contribution in [2.75, 3.05) is 19.8 Å². The highest BCUT2D eigenvalue weighted by Gasteiger charge is 2.27. The number of unbranched alkanes of at least 4 members (excludes halogenated alkanes) is 18. The van der Waals surface area contributed by atoms with Crippen LogP contribution in [0.3, 0.4) is 0 Å². The predicted molar refractivity (Wildman–Crippen MR) is 204 cm³/mol. The number of aliphatic hydroxyl groups excluding tert-OH is 2. The van der Waals surface area contributed by atoms with E-state index in [-0.39, 0.29) is 19.6 Å². The van der Waals surface area contributed by atoms with Crippen molar-refractivity contribution in [2.45, 2.75) is 186 Å². The number of hydrogen-bond donors (Lipinski definition) is 5. The highest BCUT2D eigenvalue weighted by molar-refractivity contribution is 7.47. The minimum Gasteiger partial charge on any atom is -0.393 e. The van der Waals surface area contributed by atoms with Crippen LogP contribution >= 0.6 is 7.82 Å². The Bertz CT molecular complexity index is 883. The fourth-order valence-electron chi connectivity index (χ4n) is 5.48. The molecule has 288 valence electrons. The van der Waals surface area contributed by atoms with Gasteiger partial charge in [-0.15, -0.1) is 0 Å². The van der Waals surface area contributed by atoms with Gasteiger partial charge in [0.25, 0.3) is 0 Å². The van der Waals surface area contributed by atoms with Gasteiger partial charge in [0.15, 0.2) is 0 Å². The largest absolute Gasteiger partial charge is 0.472 e. The van der Waals surface area contributed by atoms with Crippen molar-refractivity contribution >= 4 is 13.7 Å². The van der Waals surface area contributed by atoms with E-state index in [4.69, 9.17) is 14.8 Å². The summed E-state index contributed by atoms with van der Waals surface area (Å²) in [5, 5.41) is 23.9. The minimum atomic E-state index is -4.40. The van der Waals surface area contributed by atoms with Gasteiger partial charge in [-0.1, -0.05) is 140 Å². The second-order valence-electron chi connectivity index (χ2n) is 13.3. The summed E-state index contributed by atoms with van der Waals surface area (Å²) >= 11 is 0. The molecule has 10 heteroatoms. The number of nitrogens with two attached hydrogens (primary N) is 1. The molecule has 9 nitrogen and oxygen atoms in total. The zero-order valence-corrected chi connectivity index (χ0v) is 32.2. The van der Waals surface area contributed by atoms with Gasteiger partial charge in [0.1, 0.15) is 0 Å². The molecule has 4 atom stereocenters. The summed E-state index contributed by atoms with van der Waals surface area (Å²) in [7, 11) is -4.40. The average Bonchev–Trinajstić information content (AvgIpc) is 3.07. The Hall–Kier alpha value is -1.32. The number of rotatable bonds is 36. The Kier molecular flexibility index (Phi) is 34.2. The topological polar surface area (TPSA) is 151 Å². The van der Waals surface area contributed by atoms with Gasteiger partial charge < -0.3 is 26.2 Å². The van der Waals surface area contributed by atoms with Gasteiger partial charge in [-0.25, -0.2) is 4.57 Å². The van der Waals surface area contributed by atoms with Crippen LogP contribution < -0.4 is 11.1 Å². The van der Waals surface area contributed by atoms with Gasteiger partial charge in [0, 0.05) is 6.54 Å². The molecule has 0 spiro atoms. The zero-order chi connectivity index (χ0) is 36.3. The maximum Gasteiger partial charge on any atom is 0.472 e. The van der Waals surface area contributed by atoms with Gasteiger partial charge in [0.2, 0.25) is 5.91 Å². The van der Waals surface area contributed by atoms with Crippen molar-refractivity contribution in [1.29, 1.82) is 0 Å². The third kappa shape index (κ3) is 33.6. The minimum absolute atomic E-state index is 0.0424. The monoisotopic (exact) mass is 715 g/mol. The van der Waals surface area contributed by atoms with Crippen molar-refractivity contribution in [3.05, 3.63) is 36.5 Å². The molecule has 0 fully saturated rings. The third-order valence-electron chi connectivity index (χ3n) is 8.49. The van der Waals surface area contributed by atoms with Crippen LogP contribution in [0.4, 0.5) is 0 Å². The van der Waals surface area contributed by atoms with Crippen molar-refractivity contribution in [2.24, 2.45) is 5.73 Å². The molecule has 0 aromatic carbocycles. The number of hydrogen-bond acceptors (Lipinski definition) is 7. The standard InChI is InChI=1S/C39H75N2O7P/c1-3-5-7-9-11-13-15-16-17-18-19-21-22-24-26-28-30-36(42)34-39(44)41-37(35-48-49(45,46)47-33-32-40)38(43)31-29-27-25-23-20-14-12-10-8-6-4-2/h19-21,23,29,31,36-38,42-43H,3-18,22,24-28,30,32-35,40H2,1-2H3,(H,41,44)(H,45,46)/b21-19-,23-20+,31-29+. The second kappa shape index (κ2) is 35.1. The van der Waals surface area contributed by atoms with Crippen LogP contribution in [0.15, 0.2) is 36.5 Å². The lowest BCUT2D eigenvalue weighted by molar-refractivity contribution is -0.124. The van der Waals surface area contributed by atoms with Gasteiger partial charge in [0.05, 0.1) is 37.9 Å². The molecule has 4 unspecified atom stereocenters. The van der Waals surface area contributed by atoms with Gasteiger partial charge in [-0.05, 0) is 57.8 Å². The Morgan fingerprint density at radius 2 is 1.16 bits per heavy atom. The molecular weight excluding hydrogens is 639 g/mol. The van der Waals surface area contributed by atoms with E-state index < -0.39 is 38.6 Å². The van der Waals surface area contributed by atoms with E-state index in [2.05, 4.69) is 43.5 Å². The first kappa shape index (κ1) is 47.7. The first-order chi connectivity index (χ1) is 23.8. The van der Waals surface area contributed by atoms with Crippen molar-refractivity contribution in [3.63, 3.8) is 0 Å². The number of allylic oxidation sites excluding steroid dienone is 5. The van der Waals surface area contributed by atoms with E-state index in [1.165, 1.54) is 89.9 Å². The summed E-state index contributed by atoms with van der Waals surface area (Å²) in [5.74, 6) is -0.467. The smallest absolute Gasteiger partial charge is 0.393 e. The van der Waals surface area contributed by atoms with Crippen LogP contribution in [0.1, 0.15) is 168 Å². The summed E-state index contributed by atoms with van der Waals surface area (Å²) < 4.78 is 22.0. The lowest BCUT2D eigenvalue weighted by Gasteiger charge is -2.24. The maximum atomic E-state index is 12.7. The molecule has 0 aliphatic heterocycles. The normalized spacial score (nSPS) is 15.3. The molecule has 0 saturated carbocycles. The maximum absolute atomic E-state index is 12.7. The van der Waals surface area contributed by atoms with E-state index in [0.717, 1.165) is 44.9 Å². The number of carbonyl (C=O) groups is 1. The van der Waals surface area contributed by atoms with Crippen molar-refractivity contribution < 1.29 is 33.5 Å². The summed E-state index contributed by atoms with van der Waals surface area (Å²) in [6.45, 7) is 3.90. The highest BCUT2D eigenvalue weighted by Crippen LogP contribution is 2.43. The zero-order valence-electron chi connectivity index (χ0n) is 31.3. The Morgan fingerprint density at radius 1 is 0.694 bits per heavy atom. The van der Waals surface area contributed by atoms with Gasteiger partial charge >= 0.3 is 7.82 Å². The van der Waals surface area contributed by atoms with E-state index in [1.807, 2.05) is 6.08 Å². The SMILES string of the molecule is CCCCCCC/C=C/CC/C=C/C(O)C(COP(=O)(O)OCCN)NC(=O)CC(O)CCCCC/C=C\CCCCCCCCCCC. The van der Waals surface area contributed by atoms with Crippen LogP contribution in [-0.2, 0) is 18.4 Å². The molecule has 0 heterocycles. The molecule has 0 saturated heterocycles. The second-order valence-corrected chi connectivity index (χ2v) is 14.8. The molecule has 0 aliphatic carbocycles. The van der Waals surface area contributed by atoms with Crippen LogP contribution in [-0.4, -0.2) is 59.0 Å². The first-order valence-corrected chi connectivity index (χ1v) is 21.2. The number of amides is 1. The fraction of sp³-hybridized carbons (Fsp3) is 0.821. The summed E-state index contributed by atoms with van der Waals surface area (Å²) in [5.41, 5.74) is 5.34. The van der Waals surface area contributed by atoms with Gasteiger partial charge in [-0.2, -0.15) is 0 Å². The van der Waals surface area contributed by atoms with Crippen LogP contribution in [0, 0.1) is 0 Å². The number of phosphoric acid groups is 1. The lowest BCUT2D eigenvalue weighted by Crippen LogP contribution is -2.46.